The monoisotopic (exact) mass is 1430 g/mol. The normalized spacial score (nSPS) is 14.4. The summed E-state index contributed by atoms with van der Waals surface area (Å²) in [6.45, 7) is 11.8. The lowest BCUT2D eigenvalue weighted by molar-refractivity contribution is -0.161. The number of phosphoric acid groups is 2. The number of rotatable bonds is 75. The van der Waals surface area contributed by atoms with E-state index in [-0.39, 0.29) is 25.7 Å². The van der Waals surface area contributed by atoms with E-state index < -0.39 is 97.5 Å². The van der Waals surface area contributed by atoms with Gasteiger partial charge in [0.15, 0.2) is 12.2 Å². The second-order valence-corrected chi connectivity index (χ2v) is 31.9. The predicted molar refractivity (Wildman–Crippen MR) is 400 cm³/mol. The predicted octanol–water partition coefficient (Wildman–Crippen LogP) is 22.9. The Labute approximate surface area is 599 Å². The van der Waals surface area contributed by atoms with Crippen LogP contribution in [0.3, 0.4) is 0 Å². The number of esters is 4. The van der Waals surface area contributed by atoms with Crippen molar-refractivity contribution < 1.29 is 80.2 Å². The van der Waals surface area contributed by atoms with Crippen LogP contribution >= 0.6 is 15.6 Å². The summed E-state index contributed by atoms with van der Waals surface area (Å²) < 4.78 is 68.5. The number of hydrogen-bond donors (Lipinski definition) is 3. The molecule has 3 N–H and O–H groups in total. The van der Waals surface area contributed by atoms with Gasteiger partial charge in [-0.25, -0.2) is 9.13 Å². The van der Waals surface area contributed by atoms with Crippen LogP contribution in [0.5, 0.6) is 0 Å². The zero-order valence-corrected chi connectivity index (χ0v) is 65.5. The summed E-state index contributed by atoms with van der Waals surface area (Å²) in [4.78, 5) is 72.8. The molecule has 0 rings (SSSR count). The van der Waals surface area contributed by atoms with Crippen LogP contribution in [0.4, 0.5) is 0 Å². The van der Waals surface area contributed by atoms with Crippen molar-refractivity contribution in [1.29, 1.82) is 0 Å². The first-order chi connectivity index (χ1) is 47.3. The SMILES string of the molecule is CCCCCC/C=C\C=C/CCCCCCCC(=O)O[C@H](COC(=O)CCCCCCCCC(C)C)COP(=O)(O)OC[C@H](O)COP(=O)(O)OC[C@@H](COC(=O)CCCCCCCCCCCC(C)C)OC(=O)CCCCCCCCCCCCCCCCCCCCC(C)CC. The zero-order valence-electron chi connectivity index (χ0n) is 63.7. The molecule has 0 heterocycles. The number of hydrogen-bond acceptors (Lipinski definition) is 15. The van der Waals surface area contributed by atoms with Gasteiger partial charge >= 0.3 is 39.5 Å². The Hall–Kier alpha value is -2.46. The first-order valence-corrected chi connectivity index (χ1v) is 43.2. The van der Waals surface area contributed by atoms with Crippen LogP contribution in [0.2, 0.25) is 0 Å². The van der Waals surface area contributed by atoms with Crippen LogP contribution in [-0.2, 0) is 65.4 Å². The number of aliphatic hydroxyl groups is 1. The van der Waals surface area contributed by atoms with Crippen molar-refractivity contribution in [1.82, 2.24) is 0 Å². The number of carbonyl (C=O) groups is 4. The minimum absolute atomic E-state index is 0.0837. The van der Waals surface area contributed by atoms with E-state index in [1.165, 1.54) is 173 Å². The van der Waals surface area contributed by atoms with Gasteiger partial charge in [0.25, 0.3) is 0 Å². The van der Waals surface area contributed by atoms with Crippen molar-refractivity contribution in [3.8, 4) is 0 Å². The molecule has 0 saturated carbocycles. The molecular weight excluding hydrogens is 1280 g/mol. The first kappa shape index (κ1) is 95.5. The van der Waals surface area contributed by atoms with Gasteiger partial charge in [-0.1, -0.05) is 330 Å². The van der Waals surface area contributed by atoms with E-state index in [0.29, 0.717) is 31.6 Å². The number of ether oxygens (including phenoxy) is 4. The van der Waals surface area contributed by atoms with E-state index in [1.54, 1.807) is 0 Å². The van der Waals surface area contributed by atoms with Crippen LogP contribution in [0.25, 0.3) is 0 Å². The molecule has 0 aliphatic carbocycles. The Morgan fingerprint density at radius 3 is 0.908 bits per heavy atom. The summed E-state index contributed by atoms with van der Waals surface area (Å²) in [7, 11) is -9.93. The summed E-state index contributed by atoms with van der Waals surface area (Å²) in [6, 6.07) is 0. The summed E-state index contributed by atoms with van der Waals surface area (Å²) >= 11 is 0. The molecule has 0 bridgehead atoms. The molecule has 0 aliphatic rings. The van der Waals surface area contributed by atoms with Crippen molar-refractivity contribution in [3.63, 3.8) is 0 Å². The Morgan fingerprint density at radius 2 is 0.602 bits per heavy atom. The highest BCUT2D eigenvalue weighted by molar-refractivity contribution is 7.47. The van der Waals surface area contributed by atoms with E-state index in [4.69, 9.17) is 37.0 Å². The molecule has 0 aromatic carbocycles. The minimum atomic E-state index is -4.96. The van der Waals surface area contributed by atoms with Gasteiger partial charge in [0.2, 0.25) is 0 Å². The van der Waals surface area contributed by atoms with Crippen molar-refractivity contribution >= 4 is 39.5 Å². The summed E-state index contributed by atoms with van der Waals surface area (Å²) in [5.41, 5.74) is 0. The largest absolute Gasteiger partial charge is 0.472 e. The molecule has 0 amide bonds. The summed E-state index contributed by atoms with van der Waals surface area (Å²) in [6.07, 6.45) is 59.3. The Bertz CT molecular complexity index is 2000. The molecular formula is C79H150O17P2. The molecule has 17 nitrogen and oxygen atoms in total. The second kappa shape index (κ2) is 68.9. The molecule has 0 aliphatic heterocycles. The van der Waals surface area contributed by atoms with Crippen molar-refractivity contribution in [2.45, 2.75) is 401 Å². The highest BCUT2D eigenvalue weighted by Crippen LogP contribution is 2.45. The average Bonchev–Trinajstić information content (AvgIpc) is 1.06. The third kappa shape index (κ3) is 70.6. The van der Waals surface area contributed by atoms with Crippen molar-refractivity contribution in [2.75, 3.05) is 39.6 Å². The van der Waals surface area contributed by atoms with E-state index in [2.05, 4.69) is 72.8 Å². The third-order valence-corrected chi connectivity index (χ3v) is 20.0. The number of allylic oxidation sites excluding steroid dienone is 4. The van der Waals surface area contributed by atoms with Crippen LogP contribution < -0.4 is 0 Å². The molecule has 6 atom stereocenters. The number of aliphatic hydroxyl groups excluding tert-OH is 1. The Morgan fingerprint density at radius 1 is 0.337 bits per heavy atom. The highest BCUT2D eigenvalue weighted by atomic mass is 31.2. The molecule has 98 heavy (non-hydrogen) atoms. The first-order valence-electron chi connectivity index (χ1n) is 40.2. The third-order valence-electron chi connectivity index (χ3n) is 18.1. The lowest BCUT2D eigenvalue weighted by atomic mass is 9.99. The number of carbonyl (C=O) groups excluding carboxylic acids is 4. The molecule has 0 radical (unpaired) electrons. The van der Waals surface area contributed by atoms with E-state index in [1.807, 2.05) is 0 Å². The van der Waals surface area contributed by atoms with Gasteiger partial charge in [0.1, 0.15) is 19.3 Å². The maximum absolute atomic E-state index is 13.1. The van der Waals surface area contributed by atoms with Crippen molar-refractivity contribution in [3.05, 3.63) is 24.3 Å². The van der Waals surface area contributed by atoms with Crippen LogP contribution in [0, 0.1) is 17.8 Å². The fraction of sp³-hybridized carbons (Fsp3) is 0.899. The van der Waals surface area contributed by atoms with Gasteiger partial charge in [-0.3, -0.25) is 37.3 Å². The van der Waals surface area contributed by atoms with Gasteiger partial charge in [0, 0.05) is 25.7 Å². The standard InChI is InChI=1S/C79H150O17P2/c1-8-10-11-12-13-14-15-16-21-25-28-33-39-48-55-63-79(84)96-75(67-90-77(82)61-54-47-42-41-44-51-58-71(5)6)69-94-98(87,88)92-65-73(80)64-91-97(85,86)93-68-74(66-89-76(81)60-53-46-38-35-30-31-36-43-50-57-70(3)4)95-78(83)62-56-49-40-34-29-26-23-20-18-17-19-22-24-27-32-37-45-52-59-72(7)9-2/h14-16,21,70-75,80H,8-13,17-20,22-69H2,1-7H3,(H,85,86)(H,87,88)/b15-14-,21-16-/t72?,73-,74-,75-/m1/s1. The fourth-order valence-electron chi connectivity index (χ4n) is 11.6. The molecule has 3 unspecified atom stereocenters. The second-order valence-electron chi connectivity index (χ2n) is 29.0. The molecule has 0 aromatic heterocycles. The van der Waals surface area contributed by atoms with E-state index in [9.17, 15) is 43.2 Å². The Kier molecular flexibility index (Phi) is 67.2. The van der Waals surface area contributed by atoms with Gasteiger partial charge in [-0.05, 0) is 69.1 Å². The summed E-state index contributed by atoms with van der Waals surface area (Å²) in [5, 5.41) is 10.6. The smallest absolute Gasteiger partial charge is 0.462 e. The van der Waals surface area contributed by atoms with Gasteiger partial charge in [0.05, 0.1) is 26.4 Å². The fourth-order valence-corrected chi connectivity index (χ4v) is 13.1. The van der Waals surface area contributed by atoms with E-state index in [0.717, 1.165) is 121 Å². The van der Waals surface area contributed by atoms with Gasteiger partial charge < -0.3 is 33.8 Å². The topological polar surface area (TPSA) is 237 Å². The quantitative estimate of drug-likeness (QED) is 0.0169. The van der Waals surface area contributed by atoms with Crippen LogP contribution in [-0.4, -0.2) is 96.7 Å². The molecule has 0 spiro atoms. The molecule has 19 heteroatoms. The summed E-state index contributed by atoms with van der Waals surface area (Å²) in [5.74, 6) is 0.140. The van der Waals surface area contributed by atoms with Gasteiger partial charge in [-0.2, -0.15) is 0 Å². The van der Waals surface area contributed by atoms with Crippen LogP contribution in [0.15, 0.2) is 24.3 Å². The number of unbranched alkanes of at least 4 members (excludes halogenated alkanes) is 39. The number of phosphoric ester groups is 2. The van der Waals surface area contributed by atoms with Gasteiger partial charge in [-0.15, -0.1) is 0 Å². The molecule has 0 fully saturated rings. The Balaban J connectivity index is 5.21. The van der Waals surface area contributed by atoms with E-state index >= 15 is 0 Å². The molecule has 0 saturated heterocycles. The lowest BCUT2D eigenvalue weighted by Crippen LogP contribution is -2.30. The molecule has 0 aromatic rings. The van der Waals surface area contributed by atoms with Crippen LogP contribution in [0.1, 0.15) is 382 Å². The maximum Gasteiger partial charge on any atom is 0.472 e. The highest BCUT2D eigenvalue weighted by Gasteiger charge is 2.30. The minimum Gasteiger partial charge on any atom is -0.462 e. The molecule has 578 valence electrons. The average molecular weight is 1430 g/mol. The lowest BCUT2D eigenvalue weighted by Gasteiger charge is -2.21. The maximum atomic E-state index is 13.1. The van der Waals surface area contributed by atoms with Crippen molar-refractivity contribution in [2.24, 2.45) is 17.8 Å². The zero-order chi connectivity index (χ0) is 72.3.